The van der Waals surface area contributed by atoms with Crippen LogP contribution in [0.5, 0.6) is 5.75 Å². The minimum atomic E-state index is -1.09. The number of thiazole rings is 1. The first kappa shape index (κ1) is 22.0. The number of rotatable bonds is 10. The topological polar surface area (TPSA) is 110 Å². The molecule has 1 heterocycles. The average molecular weight is 439 g/mol. The lowest BCUT2D eigenvalue weighted by atomic mass is 10.1. The summed E-state index contributed by atoms with van der Waals surface area (Å²) in [5.74, 6) is -0.945. The van der Waals surface area contributed by atoms with Crippen LogP contribution < -0.4 is 10.2 Å². The van der Waals surface area contributed by atoms with E-state index >= 15 is 0 Å². The average Bonchev–Trinajstić information content (AvgIpc) is 3.20. The van der Waals surface area contributed by atoms with E-state index in [0.717, 1.165) is 5.56 Å². The summed E-state index contributed by atoms with van der Waals surface area (Å²) in [6.07, 6.45) is 0.635. The van der Waals surface area contributed by atoms with Crippen molar-refractivity contribution >= 4 is 34.6 Å². The molecule has 0 saturated heterocycles. The molecule has 0 fully saturated rings. The molecule has 9 heteroatoms. The highest BCUT2D eigenvalue weighted by Crippen LogP contribution is 2.22. The van der Waals surface area contributed by atoms with Gasteiger partial charge in [-0.15, -0.1) is 11.3 Å². The van der Waals surface area contributed by atoms with Gasteiger partial charge in [-0.2, -0.15) is 5.10 Å². The summed E-state index contributed by atoms with van der Waals surface area (Å²) in [6.45, 7) is 2.10. The maximum absolute atomic E-state index is 11.6. The molecule has 0 saturated carbocycles. The fourth-order valence-electron chi connectivity index (χ4n) is 2.62. The number of benzene rings is 2. The molecule has 0 radical (unpaired) electrons. The summed E-state index contributed by atoms with van der Waals surface area (Å²) in [7, 11) is 0. The van der Waals surface area contributed by atoms with Crippen LogP contribution in [-0.2, 0) is 20.7 Å². The Morgan fingerprint density at radius 1 is 1.19 bits per heavy atom. The Labute approximate surface area is 183 Å². The first-order valence-corrected chi connectivity index (χ1v) is 10.4. The van der Waals surface area contributed by atoms with E-state index in [1.54, 1.807) is 67.0 Å². The molecule has 8 nitrogen and oxygen atoms in total. The summed E-state index contributed by atoms with van der Waals surface area (Å²) in [4.78, 5) is 27.3. The summed E-state index contributed by atoms with van der Waals surface area (Å²) in [5.41, 5.74) is 4.79. The van der Waals surface area contributed by atoms with E-state index in [1.807, 2.05) is 6.07 Å². The van der Waals surface area contributed by atoms with Gasteiger partial charge in [0.15, 0.2) is 0 Å². The summed E-state index contributed by atoms with van der Waals surface area (Å²) in [5, 5.41) is 15.9. The van der Waals surface area contributed by atoms with Gasteiger partial charge in [-0.05, 0) is 36.8 Å². The number of nitrogens with one attached hydrogen (secondary N) is 1. The Morgan fingerprint density at radius 2 is 1.94 bits per heavy atom. The predicted octanol–water partition coefficient (Wildman–Crippen LogP) is 3.90. The molecule has 31 heavy (non-hydrogen) atoms. The van der Waals surface area contributed by atoms with E-state index in [4.69, 9.17) is 9.47 Å². The first-order valence-electron chi connectivity index (χ1n) is 9.48. The molecule has 0 aliphatic rings. The smallest absolute Gasteiger partial charge is 0.349 e. The van der Waals surface area contributed by atoms with Crippen LogP contribution >= 0.6 is 11.3 Å². The van der Waals surface area contributed by atoms with Crippen molar-refractivity contribution in [1.29, 1.82) is 0 Å². The molecule has 1 unspecified atom stereocenters. The zero-order chi connectivity index (χ0) is 22.1. The highest BCUT2D eigenvalue weighted by molar-refractivity contribution is 7.13. The van der Waals surface area contributed by atoms with Crippen LogP contribution in [0.25, 0.3) is 0 Å². The van der Waals surface area contributed by atoms with Gasteiger partial charge in [0.1, 0.15) is 5.75 Å². The fourth-order valence-corrected chi connectivity index (χ4v) is 3.28. The van der Waals surface area contributed by atoms with E-state index < -0.39 is 12.1 Å². The third-order valence-electron chi connectivity index (χ3n) is 4.02. The molecule has 2 aromatic carbocycles. The Bertz CT molecular complexity index is 1030. The fraction of sp³-hybridized carbons (Fsp3) is 0.182. The maximum Gasteiger partial charge on any atom is 0.349 e. The van der Waals surface area contributed by atoms with Crippen LogP contribution in [0.1, 0.15) is 29.8 Å². The lowest BCUT2D eigenvalue weighted by molar-refractivity contribution is -0.145. The number of carbonyl (C=O) groups excluding carboxylic acids is 1. The molecule has 1 atom stereocenters. The molecule has 3 aromatic rings. The number of esters is 1. The van der Waals surface area contributed by atoms with Gasteiger partial charge < -0.3 is 14.6 Å². The molecule has 0 amide bonds. The second-order valence-electron chi connectivity index (χ2n) is 6.31. The van der Waals surface area contributed by atoms with Crippen molar-refractivity contribution in [2.75, 3.05) is 12.0 Å². The molecule has 0 bridgehead atoms. The van der Waals surface area contributed by atoms with E-state index in [2.05, 4.69) is 15.5 Å². The van der Waals surface area contributed by atoms with Crippen molar-refractivity contribution in [2.45, 2.75) is 19.4 Å². The van der Waals surface area contributed by atoms with E-state index in [1.165, 1.54) is 11.3 Å². The molecule has 2 N–H and O–H groups in total. The van der Waals surface area contributed by atoms with Crippen molar-refractivity contribution < 1.29 is 24.2 Å². The number of ether oxygens (including phenoxy) is 2. The molecule has 3 rings (SSSR count). The monoisotopic (exact) mass is 439 g/mol. The van der Waals surface area contributed by atoms with Gasteiger partial charge in [-0.25, -0.2) is 9.78 Å². The van der Waals surface area contributed by atoms with Crippen LogP contribution in [0.3, 0.4) is 0 Å². The van der Waals surface area contributed by atoms with Crippen molar-refractivity contribution in [2.24, 2.45) is 5.10 Å². The number of hydrazone groups is 1. The normalized spacial score (nSPS) is 11.8. The summed E-state index contributed by atoms with van der Waals surface area (Å²) >= 11 is 1.34. The Kier molecular flexibility index (Phi) is 7.72. The van der Waals surface area contributed by atoms with Crippen LogP contribution in [-0.4, -0.2) is 34.9 Å². The highest BCUT2D eigenvalue weighted by Gasteiger charge is 2.21. The van der Waals surface area contributed by atoms with Gasteiger partial charge in [0, 0.05) is 10.9 Å². The minimum Gasteiger partial charge on any atom is -0.478 e. The third-order valence-corrected chi connectivity index (χ3v) is 4.81. The molecular formula is C22H21N3O5S. The number of carbonyl (C=O) groups is 2. The quantitative estimate of drug-likeness (QED) is 0.280. The van der Waals surface area contributed by atoms with E-state index in [-0.39, 0.29) is 12.4 Å². The van der Waals surface area contributed by atoms with Crippen molar-refractivity contribution in [3.63, 3.8) is 0 Å². The number of aromatic nitrogens is 1. The molecule has 0 aliphatic carbocycles. The molecule has 0 spiro atoms. The minimum absolute atomic E-state index is 0.123. The van der Waals surface area contributed by atoms with Gasteiger partial charge in [0.2, 0.25) is 11.2 Å². The highest BCUT2D eigenvalue weighted by atomic mass is 32.1. The first-order chi connectivity index (χ1) is 15.0. The number of aliphatic carboxylic acids is 1. The largest absolute Gasteiger partial charge is 0.478 e. The van der Waals surface area contributed by atoms with Gasteiger partial charge in [-0.3, -0.25) is 10.2 Å². The summed E-state index contributed by atoms with van der Waals surface area (Å²) < 4.78 is 10.5. The predicted molar refractivity (Wildman–Crippen MR) is 118 cm³/mol. The van der Waals surface area contributed by atoms with Crippen molar-refractivity contribution in [3.05, 3.63) is 76.8 Å². The SMILES string of the molecule is CCOC(=O)Cc1csc(NN=Cc2ccc(OC(C(=O)O)c3ccccc3)cc2)n1. The van der Waals surface area contributed by atoms with Gasteiger partial charge >= 0.3 is 11.9 Å². The number of hydrogen-bond donors (Lipinski definition) is 2. The standard InChI is InChI=1S/C22H21N3O5S/c1-2-29-19(26)12-17-14-31-22(24-17)25-23-13-15-8-10-18(11-9-15)30-20(21(27)28)16-6-4-3-5-7-16/h3-11,13-14,20H,2,12H2,1H3,(H,24,25)(H,27,28). The zero-order valence-corrected chi connectivity index (χ0v) is 17.5. The number of carboxylic acid groups (broad SMARTS) is 1. The van der Waals surface area contributed by atoms with Gasteiger partial charge in [0.05, 0.1) is 24.9 Å². The van der Waals surface area contributed by atoms with Crippen LogP contribution in [0.4, 0.5) is 5.13 Å². The maximum atomic E-state index is 11.6. The number of nitrogens with zero attached hydrogens (tertiary/aromatic N) is 2. The molecule has 160 valence electrons. The number of carboxylic acids is 1. The molecule has 1 aromatic heterocycles. The second kappa shape index (κ2) is 10.9. The molecule has 0 aliphatic heterocycles. The van der Waals surface area contributed by atoms with Gasteiger partial charge in [0.25, 0.3) is 0 Å². The number of anilines is 1. The molecular weight excluding hydrogens is 418 g/mol. The lowest BCUT2D eigenvalue weighted by Crippen LogP contribution is -2.18. The van der Waals surface area contributed by atoms with Crippen LogP contribution in [0.2, 0.25) is 0 Å². The summed E-state index contributed by atoms with van der Waals surface area (Å²) in [6, 6.07) is 15.7. The second-order valence-corrected chi connectivity index (χ2v) is 7.17. The Balaban J connectivity index is 1.55. The third kappa shape index (κ3) is 6.65. The van der Waals surface area contributed by atoms with Crippen LogP contribution in [0.15, 0.2) is 65.1 Å². The Hall–Kier alpha value is -3.72. The Morgan fingerprint density at radius 3 is 2.61 bits per heavy atom. The van der Waals surface area contributed by atoms with Gasteiger partial charge in [-0.1, -0.05) is 30.3 Å². The van der Waals surface area contributed by atoms with E-state index in [9.17, 15) is 14.7 Å². The van der Waals surface area contributed by atoms with E-state index in [0.29, 0.717) is 28.7 Å². The number of hydrogen-bond acceptors (Lipinski definition) is 8. The van der Waals surface area contributed by atoms with Crippen LogP contribution in [0, 0.1) is 0 Å². The van der Waals surface area contributed by atoms with Crippen molar-refractivity contribution in [1.82, 2.24) is 4.98 Å². The van der Waals surface area contributed by atoms with Crippen molar-refractivity contribution in [3.8, 4) is 5.75 Å². The zero-order valence-electron chi connectivity index (χ0n) is 16.7. The lowest BCUT2D eigenvalue weighted by Gasteiger charge is -2.15.